The summed E-state index contributed by atoms with van der Waals surface area (Å²) in [6.07, 6.45) is 0. The van der Waals surface area contributed by atoms with Gasteiger partial charge in [-0.25, -0.2) is 4.79 Å². The molecular formula is C25H25N5O4. The van der Waals surface area contributed by atoms with Gasteiger partial charge in [-0.3, -0.25) is 9.59 Å². The summed E-state index contributed by atoms with van der Waals surface area (Å²) < 4.78 is 0. The summed E-state index contributed by atoms with van der Waals surface area (Å²) in [7, 11) is 1.64. The first-order valence-electron chi connectivity index (χ1n) is 10.6. The highest BCUT2D eigenvalue weighted by atomic mass is 16.3. The molecule has 9 heteroatoms. The Morgan fingerprint density at radius 2 is 1.47 bits per heavy atom. The number of nitroso groups, excluding NO2 is 1. The van der Waals surface area contributed by atoms with Gasteiger partial charge < -0.3 is 20.4 Å². The van der Waals surface area contributed by atoms with Crippen LogP contribution in [0, 0.1) is 4.91 Å². The summed E-state index contributed by atoms with van der Waals surface area (Å²) in [5, 5.41) is 7.96. The van der Waals surface area contributed by atoms with Crippen molar-refractivity contribution in [2.24, 2.45) is 5.18 Å². The van der Waals surface area contributed by atoms with Gasteiger partial charge in [-0.05, 0) is 42.0 Å². The molecule has 4 amide bonds. The van der Waals surface area contributed by atoms with Crippen LogP contribution in [0.3, 0.4) is 0 Å². The van der Waals surface area contributed by atoms with E-state index in [9.17, 15) is 19.3 Å². The van der Waals surface area contributed by atoms with Gasteiger partial charge in [0.05, 0.1) is 6.54 Å². The van der Waals surface area contributed by atoms with E-state index in [1.54, 1.807) is 67.7 Å². The summed E-state index contributed by atoms with van der Waals surface area (Å²) in [4.78, 5) is 51.5. The van der Waals surface area contributed by atoms with E-state index >= 15 is 0 Å². The molecule has 34 heavy (non-hydrogen) atoms. The van der Waals surface area contributed by atoms with E-state index in [0.717, 1.165) is 0 Å². The Morgan fingerprint density at radius 3 is 2.12 bits per heavy atom. The van der Waals surface area contributed by atoms with Crippen LogP contribution in [0.1, 0.15) is 5.56 Å². The minimum absolute atomic E-state index is 0.00683. The molecule has 174 valence electrons. The average molecular weight is 460 g/mol. The minimum atomic E-state index is -0.592. The lowest BCUT2D eigenvalue weighted by molar-refractivity contribution is -0.121. The smallest absolute Gasteiger partial charge is 0.319 e. The molecule has 0 aliphatic carbocycles. The zero-order chi connectivity index (χ0) is 24.3. The van der Waals surface area contributed by atoms with Crippen molar-refractivity contribution in [1.29, 1.82) is 0 Å². The second-order valence-corrected chi connectivity index (χ2v) is 7.40. The largest absolute Gasteiger partial charge is 0.329 e. The average Bonchev–Trinajstić information content (AvgIpc) is 2.86. The zero-order valence-corrected chi connectivity index (χ0v) is 18.7. The van der Waals surface area contributed by atoms with Crippen LogP contribution in [0.25, 0.3) is 0 Å². The molecule has 0 saturated heterocycles. The fourth-order valence-corrected chi connectivity index (χ4v) is 3.22. The maximum atomic E-state index is 13.0. The molecule has 0 aliphatic heterocycles. The fraction of sp³-hybridized carbons (Fsp3) is 0.160. The van der Waals surface area contributed by atoms with Crippen molar-refractivity contribution in [3.05, 3.63) is 95.4 Å². The third-order valence-corrected chi connectivity index (χ3v) is 5.01. The summed E-state index contributed by atoms with van der Waals surface area (Å²) >= 11 is 0. The lowest BCUT2D eigenvalue weighted by atomic mass is 10.2. The predicted octanol–water partition coefficient (Wildman–Crippen LogP) is 3.77. The highest BCUT2D eigenvalue weighted by Gasteiger charge is 2.22. The Labute approximate surface area is 197 Å². The summed E-state index contributed by atoms with van der Waals surface area (Å²) in [5.74, 6) is -0.733. The van der Waals surface area contributed by atoms with E-state index in [4.69, 9.17) is 0 Å². The van der Waals surface area contributed by atoms with Gasteiger partial charge in [0.15, 0.2) is 0 Å². The molecule has 2 N–H and O–H groups in total. The summed E-state index contributed by atoms with van der Waals surface area (Å²) in [6.45, 7) is -0.524. The number of amides is 4. The molecule has 0 radical (unpaired) electrons. The molecule has 3 aromatic rings. The van der Waals surface area contributed by atoms with E-state index in [1.165, 1.54) is 9.80 Å². The normalized spacial score (nSPS) is 10.1. The molecule has 3 rings (SSSR count). The molecule has 0 aliphatic rings. The number of benzene rings is 3. The lowest BCUT2D eigenvalue weighted by Crippen LogP contribution is -2.46. The zero-order valence-electron chi connectivity index (χ0n) is 18.7. The van der Waals surface area contributed by atoms with Gasteiger partial charge in [0.25, 0.3) is 0 Å². The number of anilines is 3. The molecule has 9 nitrogen and oxygen atoms in total. The molecule has 0 fully saturated rings. The van der Waals surface area contributed by atoms with Crippen LogP contribution in [-0.4, -0.2) is 38.0 Å². The molecular weight excluding hydrogens is 434 g/mol. The Bertz CT molecular complexity index is 1140. The van der Waals surface area contributed by atoms with Gasteiger partial charge in [0.1, 0.15) is 13.1 Å². The number of hydrogen-bond donors (Lipinski definition) is 2. The highest BCUT2D eigenvalue weighted by molar-refractivity contribution is 6.05. The van der Waals surface area contributed by atoms with E-state index in [0.29, 0.717) is 22.6 Å². The van der Waals surface area contributed by atoms with Gasteiger partial charge in [-0.15, -0.1) is 0 Å². The van der Waals surface area contributed by atoms with E-state index < -0.39 is 11.9 Å². The van der Waals surface area contributed by atoms with Crippen LogP contribution in [0.4, 0.5) is 21.9 Å². The van der Waals surface area contributed by atoms with Crippen LogP contribution >= 0.6 is 0 Å². The first-order valence-corrected chi connectivity index (χ1v) is 10.6. The third-order valence-electron chi connectivity index (χ3n) is 5.01. The fourth-order valence-electron chi connectivity index (χ4n) is 3.22. The lowest BCUT2D eigenvalue weighted by Gasteiger charge is -2.25. The van der Waals surface area contributed by atoms with Crippen LogP contribution in [0.5, 0.6) is 0 Å². The molecule has 0 aromatic heterocycles. The van der Waals surface area contributed by atoms with Gasteiger partial charge >= 0.3 is 6.03 Å². The second kappa shape index (κ2) is 11.9. The number of para-hydroxylation sites is 2. The summed E-state index contributed by atoms with van der Waals surface area (Å²) in [6, 6.07) is 24.0. The maximum absolute atomic E-state index is 13.0. The van der Waals surface area contributed by atoms with Crippen LogP contribution in [-0.2, 0) is 16.1 Å². The maximum Gasteiger partial charge on any atom is 0.319 e. The number of carbonyl (C=O) groups excluding carboxylic acids is 3. The number of rotatable bonds is 9. The van der Waals surface area contributed by atoms with E-state index in [1.807, 2.05) is 24.3 Å². The Morgan fingerprint density at radius 1 is 0.824 bits per heavy atom. The minimum Gasteiger partial charge on any atom is -0.329 e. The van der Waals surface area contributed by atoms with Crippen LogP contribution in [0.15, 0.2) is 90.1 Å². The molecule has 0 spiro atoms. The molecule has 0 saturated carbocycles. The SMILES string of the molecule is CN(C(=O)CN(C(=O)CNC(=O)Nc1cccc(CN=O)c1)c1ccccc1)c1ccccc1. The van der Waals surface area contributed by atoms with Crippen molar-refractivity contribution in [2.45, 2.75) is 6.54 Å². The molecule has 0 atom stereocenters. The topological polar surface area (TPSA) is 111 Å². The monoisotopic (exact) mass is 459 g/mol. The van der Waals surface area contributed by atoms with Crippen molar-refractivity contribution in [3.8, 4) is 0 Å². The second-order valence-electron chi connectivity index (χ2n) is 7.40. The Hall–Kier alpha value is -4.53. The number of nitrogens with zero attached hydrogens (tertiary/aromatic N) is 3. The Balaban J connectivity index is 1.65. The number of hydrogen-bond acceptors (Lipinski definition) is 5. The van der Waals surface area contributed by atoms with Gasteiger partial charge in [-0.2, -0.15) is 4.91 Å². The Kier molecular flexibility index (Phi) is 8.45. The van der Waals surface area contributed by atoms with Crippen molar-refractivity contribution in [3.63, 3.8) is 0 Å². The van der Waals surface area contributed by atoms with Gasteiger partial charge in [0.2, 0.25) is 11.8 Å². The molecule has 0 bridgehead atoms. The number of carbonyl (C=O) groups is 3. The van der Waals surface area contributed by atoms with Crippen molar-refractivity contribution in [1.82, 2.24) is 5.32 Å². The van der Waals surface area contributed by atoms with Crippen molar-refractivity contribution < 1.29 is 14.4 Å². The number of urea groups is 1. The van der Waals surface area contributed by atoms with E-state index in [2.05, 4.69) is 15.8 Å². The van der Waals surface area contributed by atoms with Gasteiger partial charge in [0, 0.05) is 24.1 Å². The van der Waals surface area contributed by atoms with Gasteiger partial charge in [-0.1, -0.05) is 53.7 Å². The standard InChI is InChI=1S/C25H25N5O4/c1-29(21-11-4-2-5-12-21)24(32)18-30(22-13-6-3-7-14-22)23(31)17-26-25(33)28-20-10-8-9-19(15-20)16-27-34/h2-15H,16-18H2,1H3,(H2,26,28,33). The molecule has 0 unspecified atom stereocenters. The van der Waals surface area contributed by atoms with Crippen LogP contribution in [0.2, 0.25) is 0 Å². The quantitative estimate of drug-likeness (QED) is 0.475. The first-order chi connectivity index (χ1) is 16.5. The number of likely N-dealkylation sites (N-methyl/N-ethyl adjacent to an activating group) is 1. The van der Waals surface area contributed by atoms with E-state index in [-0.39, 0.29) is 25.5 Å². The number of nitrogens with one attached hydrogen (secondary N) is 2. The summed E-state index contributed by atoms with van der Waals surface area (Å²) in [5.41, 5.74) is 2.36. The third kappa shape index (κ3) is 6.73. The van der Waals surface area contributed by atoms with Crippen molar-refractivity contribution in [2.75, 3.05) is 35.3 Å². The molecule has 0 heterocycles. The van der Waals surface area contributed by atoms with Crippen molar-refractivity contribution >= 4 is 34.9 Å². The predicted molar refractivity (Wildman–Crippen MR) is 132 cm³/mol. The van der Waals surface area contributed by atoms with Crippen LogP contribution < -0.4 is 20.4 Å². The first kappa shape index (κ1) is 24.1. The highest BCUT2D eigenvalue weighted by Crippen LogP contribution is 2.16. The molecule has 3 aromatic carbocycles.